The van der Waals surface area contributed by atoms with Crippen molar-refractivity contribution in [3.8, 4) is 0 Å². The molecule has 1 aliphatic rings. The lowest BCUT2D eigenvalue weighted by molar-refractivity contribution is -0.110. The fraction of sp³-hybridized carbons (Fsp3) is 0. The summed E-state index contributed by atoms with van der Waals surface area (Å²) in [6.07, 6.45) is 1.15. The number of fused-ring (bicyclic) bond motifs is 2. The molecule has 0 spiro atoms. The second-order valence-electron chi connectivity index (χ2n) is 4.04. The van der Waals surface area contributed by atoms with Gasteiger partial charge in [0.15, 0.2) is 0 Å². The van der Waals surface area contributed by atoms with Gasteiger partial charge >= 0.3 is 0 Å². The van der Waals surface area contributed by atoms with E-state index >= 15 is 0 Å². The zero-order valence-corrected chi connectivity index (χ0v) is 10.5. The van der Waals surface area contributed by atoms with Crippen LogP contribution in [0.25, 0.3) is 15.8 Å². The summed E-state index contributed by atoms with van der Waals surface area (Å²) >= 11 is 12.1. The Morgan fingerprint density at radius 3 is 2.50 bits per heavy atom. The molecule has 2 aromatic carbocycles. The molecular weight excluding hydrogens is 271 g/mol. The largest absolute Gasteiger partial charge is 0.285 e. The smallest absolute Gasteiger partial charge is 0.233 e. The molecule has 3 rings (SSSR count). The van der Waals surface area contributed by atoms with E-state index in [0.29, 0.717) is 16.1 Å². The van der Waals surface area contributed by atoms with Gasteiger partial charge in [-0.2, -0.15) is 0 Å². The van der Waals surface area contributed by atoms with Crippen molar-refractivity contribution in [3.63, 3.8) is 0 Å². The molecule has 0 saturated carbocycles. The van der Waals surface area contributed by atoms with Crippen molar-refractivity contribution in [2.75, 3.05) is 0 Å². The Labute approximate surface area is 113 Å². The van der Waals surface area contributed by atoms with Crippen molar-refractivity contribution in [3.05, 3.63) is 52.6 Å². The number of allylic oxidation sites excluding steroid dienone is 1. The molecule has 2 nitrogen and oxygen atoms in total. The zero-order chi connectivity index (χ0) is 12.9. The molecule has 0 aliphatic heterocycles. The highest BCUT2D eigenvalue weighted by Crippen LogP contribution is 2.34. The summed E-state index contributed by atoms with van der Waals surface area (Å²) in [5, 5.41) is 2.49. The topological polar surface area (TPSA) is 34.1 Å². The highest BCUT2D eigenvalue weighted by Gasteiger charge is 2.25. The van der Waals surface area contributed by atoms with Crippen LogP contribution in [0.5, 0.6) is 0 Å². The van der Waals surface area contributed by atoms with Crippen LogP contribution in [0.15, 0.2) is 36.4 Å². The molecule has 0 amide bonds. The number of ketones is 2. The Hall–Kier alpha value is -1.64. The van der Waals surface area contributed by atoms with E-state index < -0.39 is 11.6 Å². The van der Waals surface area contributed by atoms with Crippen molar-refractivity contribution in [1.82, 2.24) is 0 Å². The van der Waals surface area contributed by atoms with E-state index in [0.717, 1.165) is 16.8 Å². The third kappa shape index (κ3) is 1.57. The van der Waals surface area contributed by atoms with Gasteiger partial charge in [0.05, 0.1) is 5.03 Å². The first-order valence-electron chi connectivity index (χ1n) is 5.26. The van der Waals surface area contributed by atoms with Gasteiger partial charge in [0.25, 0.3) is 0 Å². The van der Waals surface area contributed by atoms with Crippen molar-refractivity contribution in [2.45, 2.75) is 0 Å². The Balaban J connectivity index is 2.42. The van der Waals surface area contributed by atoms with Crippen LogP contribution in [0.3, 0.4) is 0 Å². The van der Waals surface area contributed by atoms with E-state index in [-0.39, 0.29) is 5.03 Å². The van der Waals surface area contributed by atoms with Crippen LogP contribution >= 0.6 is 23.2 Å². The third-order valence-electron chi connectivity index (χ3n) is 2.95. The zero-order valence-electron chi connectivity index (χ0n) is 9.04. The predicted molar refractivity (Wildman–Crippen MR) is 72.1 cm³/mol. The predicted octanol–water partition coefficient (Wildman–Crippen LogP) is 3.84. The molecule has 0 radical (unpaired) electrons. The Bertz CT molecular complexity index is 745. The van der Waals surface area contributed by atoms with Crippen LogP contribution in [0.2, 0.25) is 5.02 Å². The van der Waals surface area contributed by atoms with E-state index in [4.69, 9.17) is 23.2 Å². The van der Waals surface area contributed by atoms with Gasteiger partial charge in [0.2, 0.25) is 11.6 Å². The minimum absolute atomic E-state index is 0.274. The molecule has 88 valence electrons. The summed E-state index contributed by atoms with van der Waals surface area (Å²) in [5.74, 6) is -1.12. The lowest BCUT2D eigenvalue weighted by Gasteiger charge is -2.13. The number of halogens is 2. The van der Waals surface area contributed by atoms with Crippen molar-refractivity contribution >= 4 is 50.6 Å². The molecule has 0 atom stereocenters. The Morgan fingerprint density at radius 2 is 1.72 bits per heavy atom. The summed E-state index contributed by atoms with van der Waals surface area (Å²) < 4.78 is 0. The van der Waals surface area contributed by atoms with Gasteiger partial charge in [-0.3, -0.25) is 9.59 Å². The molecule has 0 unspecified atom stereocenters. The van der Waals surface area contributed by atoms with E-state index in [9.17, 15) is 9.59 Å². The minimum Gasteiger partial charge on any atom is -0.285 e. The van der Waals surface area contributed by atoms with Crippen molar-refractivity contribution in [2.24, 2.45) is 0 Å². The molecule has 2 aromatic rings. The van der Waals surface area contributed by atoms with Crippen LogP contribution in [-0.4, -0.2) is 11.6 Å². The van der Waals surface area contributed by atoms with Crippen LogP contribution in [0.1, 0.15) is 15.9 Å². The first-order chi connectivity index (χ1) is 8.58. The molecule has 0 aromatic heterocycles. The molecule has 0 bridgehead atoms. The van der Waals surface area contributed by atoms with Crippen LogP contribution < -0.4 is 0 Å². The molecule has 0 saturated heterocycles. The highest BCUT2D eigenvalue weighted by atomic mass is 35.5. The summed E-state index contributed by atoms with van der Waals surface area (Å²) in [5.41, 5.74) is 0.893. The highest BCUT2D eigenvalue weighted by molar-refractivity contribution is 6.60. The van der Waals surface area contributed by atoms with Gasteiger partial charge in [-0.25, -0.2) is 0 Å². The van der Waals surface area contributed by atoms with E-state index in [1.807, 2.05) is 6.07 Å². The summed E-state index contributed by atoms with van der Waals surface area (Å²) in [6.45, 7) is 0. The van der Waals surface area contributed by atoms with Gasteiger partial charge in [-0.05, 0) is 23.6 Å². The maximum Gasteiger partial charge on any atom is 0.233 e. The molecule has 0 fully saturated rings. The van der Waals surface area contributed by atoms with Crippen LogP contribution in [-0.2, 0) is 4.79 Å². The molecular formula is C14H6Cl2O2. The first-order valence-corrected chi connectivity index (χ1v) is 6.02. The molecule has 18 heavy (non-hydrogen) atoms. The Kier molecular flexibility index (Phi) is 2.51. The quantitative estimate of drug-likeness (QED) is 0.685. The number of Topliss-reactive ketones (excluding diaryl/α,β-unsaturated/α-hetero) is 1. The molecule has 0 N–H and O–H groups in total. The average molecular weight is 277 g/mol. The van der Waals surface area contributed by atoms with Gasteiger partial charge in [0.1, 0.15) is 0 Å². The number of benzene rings is 2. The van der Waals surface area contributed by atoms with Crippen molar-refractivity contribution in [1.29, 1.82) is 0 Å². The van der Waals surface area contributed by atoms with Gasteiger partial charge in [0, 0.05) is 27.6 Å². The first kappa shape index (κ1) is 11.5. The standard InChI is InChI=1S/C14H6Cl2O2/c15-11-3-1-2-7-4-10-9(5-8(7)11)12(16)6-13(17)14(10)18/h1-6H. The van der Waals surface area contributed by atoms with Gasteiger partial charge < -0.3 is 0 Å². The second kappa shape index (κ2) is 3.94. The number of carbonyl (C=O) groups is 2. The van der Waals surface area contributed by atoms with E-state index in [1.165, 1.54) is 0 Å². The number of carbonyl (C=O) groups excluding carboxylic acids is 2. The number of hydrogen-bond donors (Lipinski definition) is 0. The molecule has 0 heterocycles. The fourth-order valence-corrected chi connectivity index (χ4v) is 2.56. The summed E-state index contributed by atoms with van der Waals surface area (Å²) in [7, 11) is 0. The van der Waals surface area contributed by atoms with E-state index in [1.54, 1.807) is 24.3 Å². The van der Waals surface area contributed by atoms with Gasteiger partial charge in [-0.15, -0.1) is 0 Å². The second-order valence-corrected chi connectivity index (χ2v) is 4.86. The lowest BCUT2D eigenvalue weighted by Crippen LogP contribution is -2.17. The van der Waals surface area contributed by atoms with Crippen LogP contribution in [0.4, 0.5) is 0 Å². The summed E-state index contributed by atoms with van der Waals surface area (Å²) in [4.78, 5) is 23.2. The summed E-state index contributed by atoms with van der Waals surface area (Å²) in [6, 6.07) is 8.81. The third-order valence-corrected chi connectivity index (χ3v) is 3.59. The minimum atomic E-state index is -0.589. The maximum absolute atomic E-state index is 11.8. The number of hydrogen-bond acceptors (Lipinski definition) is 2. The Morgan fingerprint density at radius 1 is 0.944 bits per heavy atom. The number of rotatable bonds is 0. The maximum atomic E-state index is 11.8. The van der Waals surface area contributed by atoms with E-state index in [2.05, 4.69) is 0 Å². The monoisotopic (exact) mass is 276 g/mol. The van der Waals surface area contributed by atoms with Crippen LogP contribution in [0, 0.1) is 0 Å². The van der Waals surface area contributed by atoms with Crippen molar-refractivity contribution < 1.29 is 9.59 Å². The SMILES string of the molecule is O=C1C=C(Cl)c2cc3c(Cl)cccc3cc2C1=O. The average Bonchev–Trinajstić information content (AvgIpc) is 2.35. The van der Waals surface area contributed by atoms with Gasteiger partial charge in [-0.1, -0.05) is 35.3 Å². The normalized spacial score (nSPS) is 14.7. The molecule has 4 heteroatoms. The fourth-order valence-electron chi connectivity index (χ4n) is 2.06. The lowest BCUT2D eigenvalue weighted by atomic mass is 9.92. The molecule has 1 aliphatic carbocycles.